The van der Waals surface area contributed by atoms with Gasteiger partial charge < -0.3 is 10.6 Å². The van der Waals surface area contributed by atoms with Crippen molar-refractivity contribution in [2.24, 2.45) is 0 Å². The van der Waals surface area contributed by atoms with E-state index in [0.717, 1.165) is 4.70 Å². The first-order valence-electron chi connectivity index (χ1n) is 6.37. The minimum atomic E-state index is -0.343. The molecule has 22 heavy (non-hydrogen) atoms. The molecular weight excluding hydrogens is 302 g/mol. The van der Waals surface area contributed by atoms with E-state index >= 15 is 0 Å². The minimum absolute atomic E-state index is 0.171. The van der Waals surface area contributed by atoms with E-state index < -0.39 is 0 Å². The molecule has 0 unspecified atom stereocenters. The van der Waals surface area contributed by atoms with E-state index in [1.807, 2.05) is 6.07 Å². The Labute approximate surface area is 129 Å². The molecule has 110 valence electrons. The number of carbonyl (C=O) groups excluding carboxylic acids is 2. The van der Waals surface area contributed by atoms with Crippen LogP contribution in [0.1, 0.15) is 17.4 Å². The Morgan fingerprint density at radius 1 is 1.18 bits per heavy atom. The summed E-state index contributed by atoms with van der Waals surface area (Å²) in [6.07, 6.45) is 4.35. The Kier molecular flexibility index (Phi) is 3.75. The maximum absolute atomic E-state index is 12.0. The molecule has 0 aliphatic rings. The van der Waals surface area contributed by atoms with Gasteiger partial charge >= 0.3 is 0 Å². The number of thiazole rings is 1. The van der Waals surface area contributed by atoms with E-state index in [2.05, 4.69) is 25.6 Å². The molecule has 0 aliphatic carbocycles. The van der Waals surface area contributed by atoms with Gasteiger partial charge in [0.2, 0.25) is 5.91 Å². The van der Waals surface area contributed by atoms with Crippen LogP contribution in [-0.4, -0.2) is 26.8 Å². The lowest BCUT2D eigenvalue weighted by molar-refractivity contribution is -0.114. The fourth-order valence-electron chi connectivity index (χ4n) is 1.82. The van der Waals surface area contributed by atoms with Crippen molar-refractivity contribution >= 4 is 44.2 Å². The lowest BCUT2D eigenvalue weighted by atomic mass is 10.3. The van der Waals surface area contributed by atoms with Crippen LogP contribution in [0.15, 0.2) is 36.8 Å². The molecule has 8 heteroatoms. The zero-order chi connectivity index (χ0) is 15.5. The van der Waals surface area contributed by atoms with Gasteiger partial charge in [-0.3, -0.25) is 14.6 Å². The first kappa shape index (κ1) is 14.1. The maximum atomic E-state index is 12.0. The van der Waals surface area contributed by atoms with Gasteiger partial charge in [-0.25, -0.2) is 9.97 Å². The van der Waals surface area contributed by atoms with Gasteiger partial charge in [-0.1, -0.05) is 11.3 Å². The van der Waals surface area contributed by atoms with Crippen molar-refractivity contribution < 1.29 is 9.59 Å². The van der Waals surface area contributed by atoms with Gasteiger partial charge in [0, 0.05) is 25.0 Å². The normalized spacial score (nSPS) is 10.4. The number of nitrogens with zero attached hydrogens (tertiary/aromatic N) is 3. The molecule has 7 nitrogen and oxygen atoms in total. The average Bonchev–Trinajstić information content (AvgIpc) is 2.88. The van der Waals surface area contributed by atoms with Gasteiger partial charge in [0.15, 0.2) is 5.13 Å². The molecule has 2 N–H and O–H groups in total. The van der Waals surface area contributed by atoms with Crippen molar-refractivity contribution in [2.75, 3.05) is 10.6 Å². The summed E-state index contributed by atoms with van der Waals surface area (Å²) in [6.45, 7) is 1.43. The quantitative estimate of drug-likeness (QED) is 0.773. The van der Waals surface area contributed by atoms with Crippen molar-refractivity contribution in [3.8, 4) is 0 Å². The highest BCUT2D eigenvalue weighted by Gasteiger charge is 2.10. The summed E-state index contributed by atoms with van der Waals surface area (Å²) >= 11 is 1.37. The number of benzene rings is 1. The molecule has 2 heterocycles. The van der Waals surface area contributed by atoms with Gasteiger partial charge in [-0.2, -0.15) is 0 Å². The fourth-order valence-corrected chi connectivity index (χ4v) is 2.71. The SMILES string of the molecule is CC(=O)Nc1nc2cc(NC(=O)c3cnccn3)ccc2s1. The maximum Gasteiger partial charge on any atom is 0.275 e. The summed E-state index contributed by atoms with van der Waals surface area (Å²) in [4.78, 5) is 35.2. The first-order valence-corrected chi connectivity index (χ1v) is 7.19. The van der Waals surface area contributed by atoms with Crippen LogP contribution in [0.5, 0.6) is 0 Å². The molecule has 0 saturated carbocycles. The van der Waals surface area contributed by atoms with Crippen LogP contribution in [0.2, 0.25) is 0 Å². The largest absolute Gasteiger partial charge is 0.321 e. The van der Waals surface area contributed by atoms with Crippen molar-refractivity contribution in [2.45, 2.75) is 6.92 Å². The number of anilines is 2. The van der Waals surface area contributed by atoms with Crippen LogP contribution < -0.4 is 10.6 Å². The van der Waals surface area contributed by atoms with Crippen LogP contribution >= 0.6 is 11.3 Å². The van der Waals surface area contributed by atoms with E-state index in [0.29, 0.717) is 16.3 Å². The molecule has 0 atom stereocenters. The number of aromatic nitrogens is 3. The number of amides is 2. The standard InChI is InChI=1S/C14H11N5O2S/c1-8(20)17-14-19-10-6-9(2-3-12(10)22-14)18-13(21)11-7-15-4-5-16-11/h2-7H,1H3,(H,18,21)(H,17,19,20). The van der Waals surface area contributed by atoms with Crippen LogP contribution in [0.25, 0.3) is 10.2 Å². The third-order valence-corrected chi connectivity index (χ3v) is 3.68. The van der Waals surface area contributed by atoms with Crippen LogP contribution in [0.4, 0.5) is 10.8 Å². The molecule has 1 aromatic carbocycles. The molecule has 2 aromatic heterocycles. The molecule has 2 amide bonds. The zero-order valence-corrected chi connectivity index (χ0v) is 12.3. The van der Waals surface area contributed by atoms with Gasteiger partial charge in [-0.15, -0.1) is 0 Å². The molecule has 0 spiro atoms. The molecule has 0 bridgehead atoms. The second kappa shape index (κ2) is 5.86. The predicted molar refractivity (Wildman–Crippen MR) is 83.9 cm³/mol. The number of fused-ring (bicyclic) bond motifs is 1. The summed E-state index contributed by atoms with van der Waals surface area (Å²) in [5, 5.41) is 5.91. The monoisotopic (exact) mass is 313 g/mol. The van der Waals surface area contributed by atoms with Crippen LogP contribution in [0.3, 0.4) is 0 Å². The highest BCUT2D eigenvalue weighted by molar-refractivity contribution is 7.22. The Balaban J connectivity index is 1.82. The smallest absolute Gasteiger partial charge is 0.275 e. The van der Waals surface area contributed by atoms with Crippen molar-refractivity contribution in [1.29, 1.82) is 0 Å². The number of nitrogens with one attached hydrogen (secondary N) is 2. The molecule has 3 aromatic rings. The third-order valence-electron chi connectivity index (χ3n) is 2.72. The van der Waals surface area contributed by atoms with Gasteiger partial charge in [-0.05, 0) is 18.2 Å². The van der Waals surface area contributed by atoms with Gasteiger partial charge in [0.1, 0.15) is 5.69 Å². The molecule has 0 fully saturated rings. The number of hydrogen-bond acceptors (Lipinski definition) is 6. The van der Waals surface area contributed by atoms with Crippen LogP contribution in [0, 0.1) is 0 Å². The summed E-state index contributed by atoms with van der Waals surface area (Å²) in [5.41, 5.74) is 1.54. The van der Waals surface area contributed by atoms with Crippen LogP contribution in [-0.2, 0) is 4.79 Å². The summed E-state index contributed by atoms with van der Waals surface area (Å²) < 4.78 is 0.918. The van der Waals surface area contributed by atoms with Crippen molar-refractivity contribution in [3.63, 3.8) is 0 Å². The number of carbonyl (C=O) groups is 2. The van der Waals surface area contributed by atoms with Crippen molar-refractivity contribution in [1.82, 2.24) is 15.0 Å². The molecule has 3 rings (SSSR count). The average molecular weight is 313 g/mol. The summed E-state index contributed by atoms with van der Waals surface area (Å²) in [5.74, 6) is -0.514. The molecule has 0 aliphatic heterocycles. The molecule has 0 radical (unpaired) electrons. The van der Waals surface area contributed by atoms with Crippen molar-refractivity contribution in [3.05, 3.63) is 42.5 Å². The highest BCUT2D eigenvalue weighted by Crippen LogP contribution is 2.28. The minimum Gasteiger partial charge on any atom is -0.321 e. The second-order valence-electron chi connectivity index (χ2n) is 4.43. The fraction of sp³-hybridized carbons (Fsp3) is 0.0714. The van der Waals surface area contributed by atoms with Gasteiger partial charge in [0.25, 0.3) is 5.91 Å². The Morgan fingerprint density at radius 3 is 2.77 bits per heavy atom. The second-order valence-corrected chi connectivity index (χ2v) is 5.46. The number of hydrogen-bond donors (Lipinski definition) is 2. The Hall–Kier alpha value is -2.87. The van der Waals surface area contributed by atoms with E-state index in [9.17, 15) is 9.59 Å². The Morgan fingerprint density at radius 2 is 2.05 bits per heavy atom. The van der Waals surface area contributed by atoms with E-state index in [1.165, 1.54) is 36.9 Å². The molecular formula is C14H11N5O2S. The number of rotatable bonds is 3. The highest BCUT2D eigenvalue weighted by atomic mass is 32.1. The topological polar surface area (TPSA) is 96.9 Å². The lowest BCUT2D eigenvalue weighted by Crippen LogP contribution is -2.13. The third kappa shape index (κ3) is 3.07. The Bertz CT molecular complexity index is 847. The molecule has 0 saturated heterocycles. The van der Waals surface area contributed by atoms with E-state index in [1.54, 1.807) is 12.1 Å². The predicted octanol–water partition coefficient (Wildman–Crippen LogP) is 2.30. The van der Waals surface area contributed by atoms with Gasteiger partial charge in [0.05, 0.1) is 16.4 Å². The van der Waals surface area contributed by atoms with E-state index in [4.69, 9.17) is 0 Å². The van der Waals surface area contributed by atoms with E-state index in [-0.39, 0.29) is 17.5 Å². The first-order chi connectivity index (χ1) is 10.6. The lowest BCUT2D eigenvalue weighted by Gasteiger charge is -2.03. The summed E-state index contributed by atoms with van der Waals surface area (Å²) in [7, 11) is 0. The summed E-state index contributed by atoms with van der Waals surface area (Å²) in [6, 6.07) is 5.35. The zero-order valence-electron chi connectivity index (χ0n) is 11.5.